The fraction of sp³-hybridized carbons (Fsp3) is 0.0667. The molecule has 114 valence electrons. The lowest BCUT2D eigenvalue weighted by molar-refractivity contribution is 0.102. The third-order valence-electron chi connectivity index (χ3n) is 2.95. The Labute approximate surface area is 152 Å². The highest BCUT2D eigenvalue weighted by Gasteiger charge is 2.10. The van der Waals surface area contributed by atoms with Crippen molar-refractivity contribution in [2.75, 3.05) is 5.75 Å². The topological polar surface area (TPSA) is 45.8 Å². The summed E-state index contributed by atoms with van der Waals surface area (Å²) < 4.78 is 0. The SMILES string of the molecule is Br.O=C(CSc1nc2ccccc2[nH]1)c1ccc(Cl)c(Cl)c1. The van der Waals surface area contributed by atoms with E-state index >= 15 is 0 Å². The molecule has 0 radical (unpaired) electrons. The predicted octanol–water partition coefficient (Wildman–Crippen LogP) is 5.42. The Morgan fingerprint density at radius 3 is 2.64 bits per heavy atom. The van der Waals surface area contributed by atoms with E-state index in [1.165, 1.54) is 11.8 Å². The van der Waals surface area contributed by atoms with Crippen LogP contribution in [-0.4, -0.2) is 21.5 Å². The van der Waals surface area contributed by atoms with Crippen molar-refractivity contribution >= 4 is 68.8 Å². The van der Waals surface area contributed by atoms with Crippen molar-refractivity contribution in [3.63, 3.8) is 0 Å². The van der Waals surface area contributed by atoms with Crippen LogP contribution in [-0.2, 0) is 0 Å². The van der Waals surface area contributed by atoms with Crippen LogP contribution in [0.2, 0.25) is 10.0 Å². The molecule has 0 unspecified atom stereocenters. The molecule has 0 amide bonds. The summed E-state index contributed by atoms with van der Waals surface area (Å²) in [5.41, 5.74) is 2.40. The molecule has 0 atom stereocenters. The van der Waals surface area contributed by atoms with Gasteiger partial charge in [-0.25, -0.2) is 4.98 Å². The number of carbonyl (C=O) groups excluding carboxylic acids is 1. The molecule has 3 aromatic rings. The van der Waals surface area contributed by atoms with Gasteiger partial charge in [-0.15, -0.1) is 17.0 Å². The molecule has 0 fully saturated rings. The van der Waals surface area contributed by atoms with Crippen LogP contribution in [0.15, 0.2) is 47.6 Å². The first kappa shape index (κ1) is 17.3. The molecule has 1 N–H and O–H groups in total. The van der Waals surface area contributed by atoms with E-state index in [9.17, 15) is 4.79 Å². The molecule has 0 aliphatic heterocycles. The molecule has 0 spiro atoms. The smallest absolute Gasteiger partial charge is 0.173 e. The third-order valence-corrected chi connectivity index (χ3v) is 4.56. The maximum absolute atomic E-state index is 12.1. The summed E-state index contributed by atoms with van der Waals surface area (Å²) >= 11 is 13.1. The first-order valence-electron chi connectivity index (χ1n) is 6.19. The van der Waals surface area contributed by atoms with Crippen LogP contribution in [0.3, 0.4) is 0 Å². The van der Waals surface area contributed by atoms with Crippen molar-refractivity contribution < 1.29 is 4.79 Å². The van der Waals surface area contributed by atoms with E-state index < -0.39 is 0 Å². The molecular weight excluding hydrogens is 407 g/mol. The Hall–Kier alpha value is -1.01. The van der Waals surface area contributed by atoms with Crippen LogP contribution in [0.4, 0.5) is 0 Å². The number of nitrogens with zero attached hydrogens (tertiary/aromatic N) is 1. The Kier molecular flexibility index (Phi) is 5.92. The van der Waals surface area contributed by atoms with Gasteiger partial charge in [0, 0.05) is 5.56 Å². The number of benzene rings is 2. The Morgan fingerprint density at radius 1 is 1.14 bits per heavy atom. The molecule has 1 heterocycles. The number of para-hydroxylation sites is 2. The first-order valence-corrected chi connectivity index (χ1v) is 7.93. The van der Waals surface area contributed by atoms with Gasteiger partial charge in [0.05, 0.1) is 26.8 Å². The van der Waals surface area contributed by atoms with E-state index in [-0.39, 0.29) is 28.5 Å². The Bertz CT molecular complexity index is 789. The zero-order valence-corrected chi connectivity index (χ0v) is 15.2. The van der Waals surface area contributed by atoms with E-state index in [0.717, 1.165) is 16.2 Å². The molecule has 3 nitrogen and oxygen atoms in total. The second kappa shape index (κ2) is 7.51. The number of fused-ring (bicyclic) bond motifs is 1. The minimum Gasteiger partial charge on any atom is -0.333 e. The lowest BCUT2D eigenvalue weighted by Gasteiger charge is -2.01. The zero-order chi connectivity index (χ0) is 14.8. The molecule has 22 heavy (non-hydrogen) atoms. The Morgan fingerprint density at radius 2 is 1.91 bits per heavy atom. The number of halogens is 3. The number of nitrogens with one attached hydrogen (secondary N) is 1. The first-order chi connectivity index (χ1) is 10.1. The van der Waals surface area contributed by atoms with Gasteiger partial charge >= 0.3 is 0 Å². The van der Waals surface area contributed by atoms with Crippen LogP contribution in [0, 0.1) is 0 Å². The molecule has 0 bridgehead atoms. The summed E-state index contributed by atoms with van der Waals surface area (Å²) in [4.78, 5) is 19.7. The number of carbonyl (C=O) groups is 1. The number of hydrogen-bond donors (Lipinski definition) is 1. The summed E-state index contributed by atoms with van der Waals surface area (Å²) in [5, 5.41) is 1.55. The molecule has 0 saturated heterocycles. The quantitative estimate of drug-likeness (QED) is 0.455. The van der Waals surface area contributed by atoms with Crippen molar-refractivity contribution in [2.24, 2.45) is 0 Å². The van der Waals surface area contributed by atoms with Crippen LogP contribution < -0.4 is 0 Å². The highest BCUT2D eigenvalue weighted by atomic mass is 79.9. The van der Waals surface area contributed by atoms with Gasteiger partial charge in [0.25, 0.3) is 0 Å². The van der Waals surface area contributed by atoms with Crippen molar-refractivity contribution in [1.29, 1.82) is 0 Å². The lowest BCUT2D eigenvalue weighted by atomic mass is 10.1. The van der Waals surface area contributed by atoms with E-state index in [2.05, 4.69) is 9.97 Å². The highest BCUT2D eigenvalue weighted by Crippen LogP contribution is 2.24. The van der Waals surface area contributed by atoms with Crippen molar-refractivity contribution in [1.82, 2.24) is 9.97 Å². The number of H-pyrrole nitrogens is 1. The predicted molar refractivity (Wildman–Crippen MR) is 97.9 cm³/mol. The average Bonchev–Trinajstić information content (AvgIpc) is 2.90. The van der Waals surface area contributed by atoms with Crippen molar-refractivity contribution in [3.8, 4) is 0 Å². The van der Waals surface area contributed by atoms with Crippen LogP contribution >= 0.6 is 51.9 Å². The number of imidazole rings is 1. The monoisotopic (exact) mass is 416 g/mol. The molecule has 3 rings (SSSR count). The van der Waals surface area contributed by atoms with Gasteiger partial charge in [-0.3, -0.25) is 4.79 Å². The van der Waals surface area contributed by atoms with Crippen LogP contribution in [0.1, 0.15) is 10.4 Å². The number of Topliss-reactive ketones (excluding diaryl/α,β-unsaturated/α-hetero) is 1. The van der Waals surface area contributed by atoms with Crippen molar-refractivity contribution in [2.45, 2.75) is 5.16 Å². The maximum atomic E-state index is 12.1. The summed E-state index contributed by atoms with van der Waals surface area (Å²) in [6.07, 6.45) is 0. The molecule has 7 heteroatoms. The van der Waals surface area contributed by atoms with Gasteiger partial charge in [0.2, 0.25) is 0 Å². The van der Waals surface area contributed by atoms with Crippen molar-refractivity contribution in [3.05, 3.63) is 58.1 Å². The largest absolute Gasteiger partial charge is 0.333 e. The second-order valence-electron chi connectivity index (χ2n) is 4.40. The molecule has 1 aromatic heterocycles. The van der Waals surface area contributed by atoms with E-state index in [1.807, 2.05) is 24.3 Å². The summed E-state index contributed by atoms with van der Waals surface area (Å²) in [7, 11) is 0. The van der Waals surface area contributed by atoms with Crippen LogP contribution in [0.25, 0.3) is 11.0 Å². The van der Waals surface area contributed by atoms with E-state index in [1.54, 1.807) is 18.2 Å². The van der Waals surface area contributed by atoms with Gasteiger partial charge < -0.3 is 4.98 Å². The highest BCUT2D eigenvalue weighted by molar-refractivity contribution is 8.93. The summed E-state index contributed by atoms with van der Waals surface area (Å²) in [5.74, 6) is 0.275. The molecular formula is C15H11BrCl2N2OS. The normalized spacial score (nSPS) is 10.5. The zero-order valence-electron chi connectivity index (χ0n) is 11.2. The number of aromatic amines is 1. The second-order valence-corrected chi connectivity index (χ2v) is 6.18. The number of thioether (sulfide) groups is 1. The number of ketones is 1. The fourth-order valence-corrected chi connectivity index (χ4v) is 2.96. The number of rotatable bonds is 4. The lowest BCUT2D eigenvalue weighted by Crippen LogP contribution is -2.02. The van der Waals surface area contributed by atoms with E-state index in [4.69, 9.17) is 23.2 Å². The van der Waals surface area contributed by atoms with Gasteiger partial charge in [0.1, 0.15) is 0 Å². The summed E-state index contributed by atoms with van der Waals surface area (Å²) in [6, 6.07) is 12.6. The van der Waals surface area contributed by atoms with E-state index in [0.29, 0.717) is 15.6 Å². The standard InChI is InChI=1S/C15H10Cl2N2OS.BrH/c16-10-6-5-9(7-11(10)17)14(20)8-21-15-18-12-3-1-2-4-13(12)19-15;/h1-7H,8H2,(H,18,19);1H. The van der Waals surface area contributed by atoms with Gasteiger partial charge in [-0.05, 0) is 30.3 Å². The minimum atomic E-state index is -0.0148. The average molecular weight is 418 g/mol. The maximum Gasteiger partial charge on any atom is 0.173 e. The molecule has 0 aliphatic carbocycles. The summed E-state index contributed by atoms with van der Waals surface area (Å²) in [6.45, 7) is 0. The third kappa shape index (κ3) is 3.84. The molecule has 0 aliphatic rings. The van der Waals surface area contributed by atoms with Gasteiger partial charge in [-0.1, -0.05) is 47.1 Å². The molecule has 2 aromatic carbocycles. The van der Waals surface area contributed by atoms with Gasteiger partial charge in [-0.2, -0.15) is 0 Å². The number of hydrogen-bond acceptors (Lipinski definition) is 3. The van der Waals surface area contributed by atoms with Crippen LogP contribution in [0.5, 0.6) is 0 Å². The minimum absolute atomic E-state index is 0. The number of aromatic nitrogens is 2. The molecule has 0 saturated carbocycles. The fourth-order valence-electron chi connectivity index (χ4n) is 1.88. The Balaban J connectivity index is 0.00000176. The van der Waals surface area contributed by atoms with Gasteiger partial charge in [0.15, 0.2) is 10.9 Å².